The minimum Gasteiger partial charge on any atom is -0.496 e. The summed E-state index contributed by atoms with van der Waals surface area (Å²) in [7, 11) is -0.184. The van der Waals surface area contributed by atoms with Gasteiger partial charge in [-0.25, -0.2) is 4.98 Å². The SMILES string of the molecule is COc1cc(C)cc(C)c1C(O)(c1nc2ccc(C#N)cc2n1COCC[Si](C)(C)C)C(F)(F)F. The molecule has 0 spiro atoms. The van der Waals surface area contributed by atoms with Crippen LogP contribution in [-0.4, -0.2) is 42.6 Å². The Kier molecular flexibility index (Phi) is 7.36. The van der Waals surface area contributed by atoms with Crippen molar-refractivity contribution in [2.75, 3.05) is 13.7 Å². The molecule has 188 valence electrons. The predicted octanol–water partition coefficient (Wildman–Crippen LogP) is 5.64. The van der Waals surface area contributed by atoms with Gasteiger partial charge in [0, 0.05) is 20.2 Å². The van der Waals surface area contributed by atoms with Crippen molar-refractivity contribution in [2.45, 2.75) is 58.0 Å². The number of nitrogens with zero attached hydrogens (tertiary/aromatic N) is 3. The summed E-state index contributed by atoms with van der Waals surface area (Å²) in [6.45, 7) is 9.82. The predicted molar refractivity (Wildman–Crippen MR) is 130 cm³/mol. The number of methoxy groups -OCH3 is 1. The lowest BCUT2D eigenvalue weighted by atomic mass is 9.86. The molecule has 10 heteroatoms. The van der Waals surface area contributed by atoms with Crippen molar-refractivity contribution < 1.29 is 27.8 Å². The number of benzene rings is 2. The van der Waals surface area contributed by atoms with Crippen molar-refractivity contribution in [1.82, 2.24) is 9.55 Å². The minimum atomic E-state index is -5.14. The Morgan fingerprint density at radius 3 is 2.40 bits per heavy atom. The second-order valence-electron chi connectivity index (χ2n) is 9.89. The number of rotatable bonds is 8. The Bertz CT molecular complexity index is 1280. The van der Waals surface area contributed by atoms with Gasteiger partial charge in [0.05, 0.1) is 29.8 Å². The molecule has 0 radical (unpaired) electrons. The first-order chi connectivity index (χ1) is 16.2. The van der Waals surface area contributed by atoms with Crippen LogP contribution in [-0.2, 0) is 17.1 Å². The van der Waals surface area contributed by atoms with Crippen molar-refractivity contribution in [3.05, 3.63) is 58.4 Å². The third-order valence-corrected chi connectivity index (χ3v) is 7.56. The maximum Gasteiger partial charge on any atom is 0.429 e. The summed E-state index contributed by atoms with van der Waals surface area (Å²) in [4.78, 5) is 4.23. The average Bonchev–Trinajstić information content (AvgIpc) is 3.12. The Morgan fingerprint density at radius 1 is 1.14 bits per heavy atom. The van der Waals surface area contributed by atoms with Crippen LogP contribution in [0.5, 0.6) is 5.75 Å². The van der Waals surface area contributed by atoms with E-state index in [-0.39, 0.29) is 34.6 Å². The lowest BCUT2D eigenvalue weighted by Crippen LogP contribution is -2.46. The molecule has 0 aliphatic carbocycles. The molecule has 1 N–H and O–H groups in total. The molecule has 1 heterocycles. The molecule has 0 bridgehead atoms. The molecule has 2 aromatic carbocycles. The maximum absolute atomic E-state index is 14.8. The highest BCUT2D eigenvalue weighted by molar-refractivity contribution is 6.76. The van der Waals surface area contributed by atoms with Gasteiger partial charge in [-0.1, -0.05) is 25.7 Å². The van der Waals surface area contributed by atoms with Crippen LogP contribution >= 0.6 is 0 Å². The van der Waals surface area contributed by atoms with Gasteiger partial charge in [-0.2, -0.15) is 18.4 Å². The zero-order chi connectivity index (χ0) is 26.2. The third-order valence-electron chi connectivity index (χ3n) is 5.85. The fourth-order valence-electron chi connectivity index (χ4n) is 4.07. The molecule has 3 rings (SSSR count). The van der Waals surface area contributed by atoms with Crippen LogP contribution in [0.2, 0.25) is 25.7 Å². The van der Waals surface area contributed by atoms with Crippen LogP contribution in [0.3, 0.4) is 0 Å². The second-order valence-corrected chi connectivity index (χ2v) is 15.5. The van der Waals surface area contributed by atoms with Gasteiger partial charge < -0.3 is 19.1 Å². The summed E-state index contributed by atoms with van der Waals surface area (Å²) >= 11 is 0. The topological polar surface area (TPSA) is 80.3 Å². The molecule has 6 nitrogen and oxygen atoms in total. The molecule has 0 amide bonds. The molecule has 35 heavy (non-hydrogen) atoms. The van der Waals surface area contributed by atoms with E-state index in [1.807, 2.05) is 6.07 Å². The van der Waals surface area contributed by atoms with Gasteiger partial charge in [-0.05, 0) is 55.3 Å². The van der Waals surface area contributed by atoms with Crippen molar-refractivity contribution >= 4 is 19.1 Å². The number of aromatic nitrogens is 2. The first-order valence-electron chi connectivity index (χ1n) is 11.2. The van der Waals surface area contributed by atoms with Gasteiger partial charge in [0.2, 0.25) is 5.60 Å². The first-order valence-corrected chi connectivity index (χ1v) is 14.9. The number of imidazole rings is 1. The second kappa shape index (κ2) is 9.64. The van der Waals surface area contributed by atoms with E-state index in [2.05, 4.69) is 24.6 Å². The summed E-state index contributed by atoms with van der Waals surface area (Å²) in [6, 6.07) is 10.2. The van der Waals surface area contributed by atoms with Crippen LogP contribution in [0, 0.1) is 25.2 Å². The first kappa shape index (κ1) is 26.7. The third kappa shape index (κ3) is 5.22. The van der Waals surface area contributed by atoms with Crippen LogP contribution in [0.4, 0.5) is 13.2 Å². The number of fused-ring (bicyclic) bond motifs is 1. The van der Waals surface area contributed by atoms with Crippen LogP contribution in [0.15, 0.2) is 30.3 Å². The summed E-state index contributed by atoms with van der Waals surface area (Å²) in [5.74, 6) is -0.744. The van der Waals surface area contributed by atoms with Crippen molar-refractivity contribution in [1.29, 1.82) is 5.26 Å². The number of aryl methyl sites for hydroxylation is 2. The molecule has 1 aromatic heterocycles. The molecular weight excluding hydrogens is 475 g/mol. The summed E-state index contributed by atoms with van der Waals surface area (Å²) in [6.07, 6.45) is -5.14. The molecule has 3 aromatic rings. The highest BCUT2D eigenvalue weighted by Crippen LogP contribution is 2.49. The van der Waals surface area contributed by atoms with Gasteiger partial charge in [0.1, 0.15) is 12.5 Å². The van der Waals surface area contributed by atoms with Crippen LogP contribution < -0.4 is 4.74 Å². The van der Waals surface area contributed by atoms with Gasteiger partial charge >= 0.3 is 6.18 Å². The van der Waals surface area contributed by atoms with E-state index >= 15 is 0 Å². The Morgan fingerprint density at radius 2 is 1.83 bits per heavy atom. The van der Waals surface area contributed by atoms with E-state index in [4.69, 9.17) is 9.47 Å². The van der Waals surface area contributed by atoms with Gasteiger partial charge in [-0.15, -0.1) is 0 Å². The Balaban J connectivity index is 2.29. The van der Waals surface area contributed by atoms with Crippen LogP contribution in [0.1, 0.15) is 28.1 Å². The maximum atomic E-state index is 14.8. The van der Waals surface area contributed by atoms with E-state index in [1.165, 1.54) is 42.9 Å². The van der Waals surface area contributed by atoms with Gasteiger partial charge in [0.15, 0.2) is 5.82 Å². The fourth-order valence-corrected chi connectivity index (χ4v) is 4.82. The fraction of sp³-hybridized carbons (Fsp3) is 0.440. The molecule has 0 aliphatic heterocycles. The van der Waals surface area contributed by atoms with E-state index < -0.39 is 31.2 Å². The standard InChI is InChI=1S/C25H30F3N3O3Si/c1-16-11-17(2)22(21(12-16)33-3)24(32,25(26,27)28)23-30-19-8-7-18(14-29)13-20(19)31(23)15-34-9-10-35(4,5)6/h7-8,11-13,32H,9-10,15H2,1-6H3. The molecular formula is C25H30F3N3O3Si. The number of hydrogen-bond donors (Lipinski definition) is 1. The molecule has 1 unspecified atom stereocenters. The summed E-state index contributed by atoms with van der Waals surface area (Å²) < 4.78 is 56.8. The highest BCUT2D eigenvalue weighted by Gasteiger charge is 2.61. The van der Waals surface area contributed by atoms with Crippen LogP contribution in [0.25, 0.3) is 11.0 Å². The number of halogens is 3. The number of aliphatic hydroxyl groups is 1. The number of alkyl halides is 3. The van der Waals surface area contributed by atoms with Crippen molar-refractivity contribution in [3.8, 4) is 11.8 Å². The van der Waals surface area contributed by atoms with E-state index in [0.717, 1.165) is 6.04 Å². The number of hydrogen-bond acceptors (Lipinski definition) is 5. The molecule has 0 saturated carbocycles. The lowest BCUT2D eigenvalue weighted by Gasteiger charge is -2.33. The average molecular weight is 506 g/mol. The summed E-state index contributed by atoms with van der Waals surface area (Å²) in [5.41, 5.74) is -2.31. The monoisotopic (exact) mass is 505 g/mol. The minimum absolute atomic E-state index is 0.0988. The van der Waals surface area contributed by atoms with E-state index in [1.54, 1.807) is 13.0 Å². The number of ether oxygens (including phenoxy) is 2. The number of nitriles is 1. The molecule has 0 aliphatic rings. The van der Waals surface area contributed by atoms with Gasteiger partial charge in [0.25, 0.3) is 0 Å². The molecule has 1 atom stereocenters. The molecule has 0 saturated heterocycles. The molecule has 0 fully saturated rings. The van der Waals surface area contributed by atoms with Crippen molar-refractivity contribution in [3.63, 3.8) is 0 Å². The van der Waals surface area contributed by atoms with E-state index in [9.17, 15) is 23.5 Å². The quantitative estimate of drug-likeness (QED) is 0.316. The van der Waals surface area contributed by atoms with Gasteiger partial charge in [-0.3, -0.25) is 0 Å². The van der Waals surface area contributed by atoms with E-state index in [0.29, 0.717) is 12.2 Å². The zero-order valence-electron chi connectivity index (χ0n) is 20.7. The zero-order valence-corrected chi connectivity index (χ0v) is 21.7. The smallest absolute Gasteiger partial charge is 0.429 e. The Hall–Kier alpha value is -2.87. The lowest BCUT2D eigenvalue weighted by molar-refractivity contribution is -0.253. The normalized spacial score (nSPS) is 14.1. The summed E-state index contributed by atoms with van der Waals surface area (Å²) in [5, 5.41) is 20.9. The highest BCUT2D eigenvalue weighted by atomic mass is 28.3. The van der Waals surface area contributed by atoms with Crippen molar-refractivity contribution in [2.24, 2.45) is 0 Å². The largest absolute Gasteiger partial charge is 0.496 e. The Labute approximate surface area is 203 Å².